The van der Waals surface area contributed by atoms with E-state index in [0.717, 1.165) is 74.3 Å². The molecule has 2 aromatic rings. The largest absolute Gasteiger partial charge is 0.416 e. The van der Waals surface area contributed by atoms with Crippen molar-refractivity contribution in [3.8, 4) is 0 Å². The number of benzene rings is 1. The fraction of sp³-hybridized carbons (Fsp3) is 0.625. The van der Waals surface area contributed by atoms with Crippen LogP contribution in [-0.4, -0.2) is 68.9 Å². The maximum atomic E-state index is 12.8. The molecule has 34 heavy (non-hydrogen) atoms. The third kappa shape index (κ3) is 4.58. The number of alkyl halides is 3. The van der Waals surface area contributed by atoms with Crippen LogP contribution in [0.2, 0.25) is 0 Å². The fourth-order valence-corrected chi connectivity index (χ4v) is 6.35. The summed E-state index contributed by atoms with van der Waals surface area (Å²) >= 11 is 1.72. The molecule has 1 unspecified atom stereocenters. The quantitative estimate of drug-likeness (QED) is 0.429. The summed E-state index contributed by atoms with van der Waals surface area (Å²) in [5.41, 5.74) is 0.723. The van der Waals surface area contributed by atoms with Crippen molar-refractivity contribution in [2.24, 2.45) is 12.5 Å². The molecule has 5 rings (SSSR count). The number of carbonyl (C=O) groups is 1. The molecule has 0 bridgehead atoms. The number of carbonyl (C=O) groups excluding carboxylic acids is 1. The lowest BCUT2D eigenvalue weighted by Gasteiger charge is -2.37. The average molecular weight is 494 g/mol. The van der Waals surface area contributed by atoms with Crippen LogP contribution in [0.25, 0.3) is 0 Å². The first-order valence-electron chi connectivity index (χ1n) is 11.8. The zero-order chi connectivity index (χ0) is 24.1. The Hall–Kier alpha value is -2.07. The number of nitrogens with zero attached hydrogens (tertiary/aromatic N) is 5. The van der Waals surface area contributed by atoms with Gasteiger partial charge in [0.1, 0.15) is 5.82 Å². The van der Waals surface area contributed by atoms with Crippen molar-refractivity contribution in [3.63, 3.8) is 0 Å². The van der Waals surface area contributed by atoms with Gasteiger partial charge in [0.25, 0.3) is 0 Å². The van der Waals surface area contributed by atoms with Crippen molar-refractivity contribution in [1.82, 2.24) is 24.6 Å². The molecule has 2 atom stereocenters. The van der Waals surface area contributed by atoms with Crippen molar-refractivity contribution >= 4 is 17.7 Å². The molecule has 1 saturated carbocycles. The van der Waals surface area contributed by atoms with Crippen molar-refractivity contribution < 1.29 is 18.0 Å². The van der Waals surface area contributed by atoms with Crippen molar-refractivity contribution in [2.75, 3.05) is 38.5 Å². The third-order valence-electron chi connectivity index (χ3n) is 7.70. The highest BCUT2D eigenvalue weighted by atomic mass is 32.2. The average Bonchev–Trinajstić information content (AvgIpc) is 3.11. The molecule has 3 aliphatic rings. The second kappa shape index (κ2) is 8.86. The SMILES string of the molecule is CC(=O)N1CC(c2nnc(SCCCN3CC[C@]4(CC4c4ccc(C(F)(F)F)cc4)C3)n2C)C1. The Labute approximate surface area is 201 Å². The smallest absolute Gasteiger partial charge is 0.341 e. The molecule has 1 aromatic carbocycles. The highest BCUT2D eigenvalue weighted by Gasteiger charge is 2.57. The van der Waals surface area contributed by atoms with E-state index in [9.17, 15) is 18.0 Å². The minimum absolute atomic E-state index is 0.105. The Morgan fingerprint density at radius 1 is 1.21 bits per heavy atom. The number of rotatable bonds is 7. The van der Waals surface area contributed by atoms with E-state index in [1.165, 1.54) is 12.1 Å². The minimum atomic E-state index is -4.28. The van der Waals surface area contributed by atoms with E-state index in [2.05, 4.69) is 19.7 Å². The van der Waals surface area contributed by atoms with Gasteiger partial charge in [-0.25, -0.2) is 0 Å². The van der Waals surface area contributed by atoms with Crippen LogP contribution in [-0.2, 0) is 18.0 Å². The van der Waals surface area contributed by atoms with E-state index in [1.807, 2.05) is 11.9 Å². The highest BCUT2D eigenvalue weighted by molar-refractivity contribution is 7.99. The first kappa shape index (κ1) is 23.7. The van der Waals surface area contributed by atoms with Gasteiger partial charge >= 0.3 is 6.18 Å². The maximum Gasteiger partial charge on any atom is 0.416 e. The molecule has 1 aromatic heterocycles. The van der Waals surface area contributed by atoms with Gasteiger partial charge in [0.05, 0.1) is 11.5 Å². The molecule has 6 nitrogen and oxygen atoms in total. The van der Waals surface area contributed by atoms with Crippen LogP contribution in [0.1, 0.15) is 55.0 Å². The minimum Gasteiger partial charge on any atom is -0.341 e. The summed E-state index contributed by atoms with van der Waals surface area (Å²) in [5, 5.41) is 9.61. The number of hydrogen-bond donors (Lipinski definition) is 0. The topological polar surface area (TPSA) is 54.3 Å². The lowest BCUT2D eigenvalue weighted by molar-refractivity contribution is -0.137. The third-order valence-corrected chi connectivity index (χ3v) is 8.81. The van der Waals surface area contributed by atoms with Crippen molar-refractivity contribution in [3.05, 3.63) is 41.2 Å². The summed E-state index contributed by atoms with van der Waals surface area (Å²) in [4.78, 5) is 15.7. The summed E-state index contributed by atoms with van der Waals surface area (Å²) in [6, 6.07) is 5.76. The fourth-order valence-electron chi connectivity index (χ4n) is 5.51. The second-order valence-electron chi connectivity index (χ2n) is 9.99. The van der Waals surface area contributed by atoms with E-state index < -0.39 is 11.7 Å². The molecule has 0 N–H and O–H groups in total. The molecule has 1 aliphatic carbocycles. The van der Waals surface area contributed by atoms with Gasteiger partial charge in [-0.15, -0.1) is 10.2 Å². The van der Waals surface area contributed by atoms with Crippen LogP contribution in [0.4, 0.5) is 13.2 Å². The van der Waals surface area contributed by atoms with E-state index in [4.69, 9.17) is 0 Å². The molecule has 0 radical (unpaired) electrons. The Kier molecular flexibility index (Phi) is 6.16. The first-order chi connectivity index (χ1) is 16.2. The van der Waals surface area contributed by atoms with Gasteiger partial charge in [-0.3, -0.25) is 4.79 Å². The van der Waals surface area contributed by atoms with Crippen LogP contribution in [0, 0.1) is 5.41 Å². The monoisotopic (exact) mass is 493 g/mol. The van der Waals surface area contributed by atoms with Gasteiger partial charge in [-0.05, 0) is 61.4 Å². The van der Waals surface area contributed by atoms with Crippen molar-refractivity contribution in [2.45, 2.75) is 49.4 Å². The summed E-state index contributed by atoms with van der Waals surface area (Å²) in [5.74, 6) is 2.67. The van der Waals surface area contributed by atoms with Gasteiger partial charge in [-0.1, -0.05) is 23.9 Å². The highest BCUT2D eigenvalue weighted by Crippen LogP contribution is 2.64. The molecule has 10 heteroatoms. The molecule has 3 heterocycles. The van der Waals surface area contributed by atoms with Gasteiger partial charge in [0.2, 0.25) is 5.91 Å². The standard InChI is InChI=1S/C24H30F3N5OS/c1-16(33)32-13-18(14-32)21-28-29-22(30(21)2)34-11-3-9-31-10-8-23(15-31)12-20(23)17-4-6-19(7-5-17)24(25,26)27/h4-7,18,20H,3,8-15H2,1-2H3/t20?,23-/m0/s1. The predicted molar refractivity (Wildman–Crippen MR) is 124 cm³/mol. The van der Waals surface area contributed by atoms with Crippen LogP contribution in [0.15, 0.2) is 29.4 Å². The molecule has 1 amide bonds. The summed E-state index contributed by atoms with van der Waals surface area (Å²) < 4.78 is 40.5. The Bertz CT molecular complexity index is 1050. The van der Waals surface area contributed by atoms with E-state index in [1.54, 1.807) is 30.8 Å². The predicted octanol–water partition coefficient (Wildman–Crippen LogP) is 4.14. The van der Waals surface area contributed by atoms with Gasteiger partial charge in [0.15, 0.2) is 5.16 Å². The summed E-state index contributed by atoms with van der Waals surface area (Å²) in [6.07, 6.45) is -1.03. The van der Waals surface area contributed by atoms with E-state index in [0.29, 0.717) is 5.92 Å². The van der Waals surface area contributed by atoms with Crippen LogP contribution in [0.5, 0.6) is 0 Å². The first-order valence-corrected chi connectivity index (χ1v) is 12.8. The van der Waals surface area contributed by atoms with Gasteiger partial charge in [-0.2, -0.15) is 13.2 Å². The number of thioether (sulfide) groups is 1. The van der Waals surface area contributed by atoms with E-state index in [-0.39, 0.29) is 17.2 Å². The van der Waals surface area contributed by atoms with Gasteiger partial charge < -0.3 is 14.4 Å². The zero-order valence-electron chi connectivity index (χ0n) is 19.5. The Balaban J connectivity index is 1.05. The molecule has 1 spiro atoms. The van der Waals surface area contributed by atoms with Crippen LogP contribution < -0.4 is 0 Å². The second-order valence-corrected chi connectivity index (χ2v) is 11.0. The summed E-state index contributed by atoms with van der Waals surface area (Å²) in [7, 11) is 1.99. The number of halogens is 3. The number of likely N-dealkylation sites (tertiary alicyclic amines) is 2. The van der Waals surface area contributed by atoms with Gasteiger partial charge in [0, 0.05) is 39.4 Å². The lowest BCUT2D eigenvalue weighted by atomic mass is 9.97. The molecule has 3 fully saturated rings. The Morgan fingerprint density at radius 2 is 1.94 bits per heavy atom. The van der Waals surface area contributed by atoms with Crippen LogP contribution in [0.3, 0.4) is 0 Å². The Morgan fingerprint density at radius 3 is 2.62 bits per heavy atom. The lowest BCUT2D eigenvalue weighted by Crippen LogP contribution is -2.48. The number of hydrogen-bond acceptors (Lipinski definition) is 5. The van der Waals surface area contributed by atoms with Crippen molar-refractivity contribution in [1.29, 1.82) is 0 Å². The molecule has 2 saturated heterocycles. The molecular formula is C24H30F3N5OS. The molecule has 184 valence electrons. The van der Waals surface area contributed by atoms with Crippen LogP contribution >= 0.6 is 11.8 Å². The maximum absolute atomic E-state index is 12.8. The normalized spacial score (nSPS) is 25.2. The van der Waals surface area contributed by atoms with E-state index >= 15 is 0 Å². The summed E-state index contributed by atoms with van der Waals surface area (Å²) in [6.45, 7) is 6.15. The zero-order valence-corrected chi connectivity index (χ0v) is 20.3. The number of aromatic nitrogens is 3. The molecular weight excluding hydrogens is 463 g/mol. The molecule has 2 aliphatic heterocycles. The number of amides is 1.